The summed E-state index contributed by atoms with van der Waals surface area (Å²) < 4.78 is 51.0. The molecule has 0 bridgehead atoms. The zero-order valence-electron chi connectivity index (χ0n) is 19.9. The van der Waals surface area contributed by atoms with Gasteiger partial charge in [0.25, 0.3) is 5.91 Å². The lowest BCUT2D eigenvalue weighted by molar-refractivity contribution is -0.142. The number of nitriles is 1. The highest BCUT2D eigenvalue weighted by Crippen LogP contribution is 2.36. The van der Waals surface area contributed by atoms with Crippen molar-refractivity contribution in [3.05, 3.63) is 81.6 Å². The second kappa shape index (κ2) is 11.2. The Kier molecular flexibility index (Phi) is 8.30. The number of hydrogen-bond acceptors (Lipinski definition) is 5. The highest BCUT2D eigenvalue weighted by molar-refractivity contribution is 6.31. The predicted molar refractivity (Wildman–Crippen MR) is 131 cm³/mol. The summed E-state index contributed by atoms with van der Waals surface area (Å²) in [5, 5.41) is 11.2. The summed E-state index contributed by atoms with van der Waals surface area (Å²) in [6, 6.07) is 13.7. The first-order valence-corrected chi connectivity index (χ1v) is 11.1. The molecule has 7 nitrogen and oxygen atoms in total. The Morgan fingerprint density at radius 2 is 1.81 bits per heavy atom. The normalized spacial score (nSPS) is 11.6. The number of esters is 1. The Labute approximate surface area is 215 Å². The molecule has 0 aliphatic rings. The molecule has 1 amide bonds. The number of alkyl halides is 3. The Morgan fingerprint density at radius 3 is 2.41 bits per heavy atom. The molecule has 0 unspecified atom stereocenters. The van der Waals surface area contributed by atoms with E-state index in [1.165, 1.54) is 12.1 Å². The van der Waals surface area contributed by atoms with Gasteiger partial charge in [-0.25, -0.2) is 4.79 Å². The second-order valence-corrected chi connectivity index (χ2v) is 8.25. The first kappa shape index (κ1) is 27.4. The summed E-state index contributed by atoms with van der Waals surface area (Å²) in [7, 11) is 1.57. The molecule has 0 radical (unpaired) electrons. The smallest absolute Gasteiger partial charge is 0.417 e. The van der Waals surface area contributed by atoms with Crippen LogP contribution in [0.1, 0.15) is 22.5 Å². The number of aryl methyl sites for hydroxylation is 1. The van der Waals surface area contributed by atoms with Crippen LogP contribution in [0.2, 0.25) is 5.02 Å². The minimum Gasteiger partial charge on any atom is -0.497 e. The molecule has 1 N–H and O–H groups in total. The van der Waals surface area contributed by atoms with E-state index >= 15 is 0 Å². The largest absolute Gasteiger partial charge is 0.497 e. The molecule has 192 valence electrons. The molecule has 3 rings (SSSR count). The van der Waals surface area contributed by atoms with Gasteiger partial charge in [-0.05, 0) is 74.0 Å². The predicted octanol–water partition coefficient (Wildman–Crippen LogP) is 5.86. The van der Waals surface area contributed by atoms with Crippen molar-refractivity contribution < 1.29 is 32.2 Å². The van der Waals surface area contributed by atoms with E-state index in [4.69, 9.17) is 21.1 Å². The standard InChI is InChI=1S/C26H21ClF3N3O4/c1-15-10-17(16(2)33(15)20-5-7-21(36-3)8-6-20)11-18(13-31)25(35)37-14-24(34)32-19-4-9-23(27)22(12-19)26(28,29)30/h4-12H,14H2,1-3H3,(H,32,34). The SMILES string of the molecule is COc1ccc(-n2c(C)cc(C=C(C#N)C(=O)OCC(=O)Nc3ccc(Cl)c(C(F)(F)F)c3)c2C)cc1. The van der Waals surface area contributed by atoms with Gasteiger partial charge in [-0.15, -0.1) is 0 Å². The van der Waals surface area contributed by atoms with Crippen molar-refractivity contribution in [2.24, 2.45) is 0 Å². The maximum atomic E-state index is 13.0. The summed E-state index contributed by atoms with van der Waals surface area (Å²) in [6.45, 7) is 2.87. The molecule has 1 heterocycles. The van der Waals surface area contributed by atoms with Crippen LogP contribution in [0.5, 0.6) is 5.75 Å². The van der Waals surface area contributed by atoms with Gasteiger partial charge in [-0.3, -0.25) is 4.79 Å². The van der Waals surface area contributed by atoms with E-state index in [9.17, 15) is 28.0 Å². The molecule has 11 heteroatoms. The van der Waals surface area contributed by atoms with Gasteiger partial charge >= 0.3 is 12.1 Å². The third-order valence-corrected chi connectivity index (χ3v) is 5.66. The van der Waals surface area contributed by atoms with Crippen LogP contribution in [-0.2, 0) is 20.5 Å². The van der Waals surface area contributed by atoms with Gasteiger partial charge in [0.05, 0.1) is 17.7 Å². The topological polar surface area (TPSA) is 93.3 Å². The number of carbonyl (C=O) groups excluding carboxylic acids is 2. The number of rotatable bonds is 7. The second-order valence-electron chi connectivity index (χ2n) is 7.85. The van der Waals surface area contributed by atoms with Crippen LogP contribution < -0.4 is 10.1 Å². The number of anilines is 1. The van der Waals surface area contributed by atoms with Crippen LogP contribution >= 0.6 is 11.6 Å². The number of hydrogen-bond donors (Lipinski definition) is 1. The third kappa shape index (κ3) is 6.51. The van der Waals surface area contributed by atoms with Crippen molar-refractivity contribution in [2.45, 2.75) is 20.0 Å². The number of aromatic nitrogens is 1. The maximum Gasteiger partial charge on any atom is 0.417 e. The summed E-state index contributed by atoms with van der Waals surface area (Å²) in [6.07, 6.45) is -3.36. The summed E-state index contributed by atoms with van der Waals surface area (Å²) in [4.78, 5) is 24.5. The van der Waals surface area contributed by atoms with E-state index in [0.29, 0.717) is 17.4 Å². The van der Waals surface area contributed by atoms with Crippen molar-refractivity contribution >= 4 is 35.2 Å². The van der Waals surface area contributed by atoms with Gasteiger partial charge in [-0.1, -0.05) is 11.6 Å². The van der Waals surface area contributed by atoms with Gasteiger partial charge in [0.15, 0.2) is 6.61 Å². The van der Waals surface area contributed by atoms with Crippen molar-refractivity contribution in [2.75, 3.05) is 19.0 Å². The molecule has 2 aromatic carbocycles. The number of halogens is 4. The van der Waals surface area contributed by atoms with Crippen LogP contribution in [0.25, 0.3) is 11.8 Å². The number of nitrogens with zero attached hydrogens (tertiary/aromatic N) is 2. The van der Waals surface area contributed by atoms with E-state index < -0.39 is 35.2 Å². The van der Waals surface area contributed by atoms with Crippen LogP contribution in [0.4, 0.5) is 18.9 Å². The van der Waals surface area contributed by atoms with Crippen molar-refractivity contribution in [1.29, 1.82) is 5.26 Å². The van der Waals surface area contributed by atoms with E-state index in [0.717, 1.165) is 23.1 Å². The van der Waals surface area contributed by atoms with E-state index in [1.54, 1.807) is 31.4 Å². The highest BCUT2D eigenvalue weighted by atomic mass is 35.5. The zero-order chi connectivity index (χ0) is 27.3. The highest BCUT2D eigenvalue weighted by Gasteiger charge is 2.33. The fraction of sp³-hybridized carbons (Fsp3) is 0.192. The first-order chi connectivity index (χ1) is 17.4. The van der Waals surface area contributed by atoms with E-state index in [-0.39, 0.29) is 11.3 Å². The molecule has 0 aliphatic carbocycles. The van der Waals surface area contributed by atoms with Crippen molar-refractivity contribution in [1.82, 2.24) is 4.57 Å². The van der Waals surface area contributed by atoms with E-state index in [1.807, 2.05) is 30.5 Å². The fourth-order valence-electron chi connectivity index (χ4n) is 3.58. The number of carbonyl (C=O) groups is 2. The maximum absolute atomic E-state index is 13.0. The summed E-state index contributed by atoms with van der Waals surface area (Å²) in [5.41, 5.74) is 1.39. The van der Waals surface area contributed by atoms with Gasteiger partial charge < -0.3 is 19.4 Å². The number of amides is 1. The molecule has 1 aromatic heterocycles. The van der Waals surface area contributed by atoms with Crippen LogP contribution in [0.3, 0.4) is 0 Å². The van der Waals surface area contributed by atoms with Crippen LogP contribution in [0.15, 0.2) is 54.1 Å². The zero-order valence-corrected chi connectivity index (χ0v) is 20.7. The Hall–Kier alpha value is -4.23. The molecule has 0 atom stereocenters. The fourth-order valence-corrected chi connectivity index (χ4v) is 3.81. The average molecular weight is 532 g/mol. The molecule has 0 saturated carbocycles. The molecular formula is C26H21ClF3N3O4. The Balaban J connectivity index is 1.71. The van der Waals surface area contributed by atoms with Crippen LogP contribution in [-0.4, -0.2) is 30.2 Å². The van der Waals surface area contributed by atoms with Crippen molar-refractivity contribution in [3.8, 4) is 17.5 Å². The lowest BCUT2D eigenvalue weighted by Gasteiger charge is -2.12. The molecule has 0 saturated heterocycles. The average Bonchev–Trinajstić information content (AvgIpc) is 3.13. The lowest BCUT2D eigenvalue weighted by Crippen LogP contribution is -2.21. The number of methoxy groups -OCH3 is 1. The van der Waals surface area contributed by atoms with E-state index in [2.05, 4.69) is 5.32 Å². The third-order valence-electron chi connectivity index (χ3n) is 5.33. The number of benzene rings is 2. The molecule has 0 spiro atoms. The monoisotopic (exact) mass is 531 g/mol. The molecular weight excluding hydrogens is 511 g/mol. The minimum atomic E-state index is -4.71. The van der Waals surface area contributed by atoms with Crippen molar-refractivity contribution in [3.63, 3.8) is 0 Å². The molecule has 37 heavy (non-hydrogen) atoms. The molecule has 3 aromatic rings. The Morgan fingerprint density at radius 1 is 1.14 bits per heavy atom. The van der Waals surface area contributed by atoms with Gasteiger partial charge in [-0.2, -0.15) is 18.4 Å². The number of nitrogens with one attached hydrogen (secondary N) is 1. The quantitative estimate of drug-likeness (QED) is 0.234. The number of ether oxygens (including phenoxy) is 2. The lowest BCUT2D eigenvalue weighted by atomic mass is 10.1. The van der Waals surface area contributed by atoms with Gasteiger partial charge in [0.2, 0.25) is 0 Å². The Bertz CT molecular complexity index is 1400. The summed E-state index contributed by atoms with van der Waals surface area (Å²) >= 11 is 5.56. The molecule has 0 aliphatic heterocycles. The summed E-state index contributed by atoms with van der Waals surface area (Å²) in [5.74, 6) is -1.25. The van der Waals surface area contributed by atoms with Crippen LogP contribution in [0, 0.1) is 25.2 Å². The van der Waals surface area contributed by atoms with Gasteiger partial charge in [0.1, 0.15) is 17.4 Å². The molecule has 0 fully saturated rings. The van der Waals surface area contributed by atoms with Gasteiger partial charge in [0, 0.05) is 22.8 Å². The minimum absolute atomic E-state index is 0.181. The first-order valence-electron chi connectivity index (χ1n) is 10.7.